The number of rotatable bonds is 7. The largest absolute Gasteiger partial charge is 0.497 e. The highest BCUT2D eigenvalue weighted by Crippen LogP contribution is 2.39. The number of hydroxylamine groups is 1. The number of methoxy groups -OCH3 is 1. The molecule has 4 rings (SSSR count). The lowest BCUT2D eigenvalue weighted by atomic mass is 9.96. The highest BCUT2D eigenvalue weighted by molar-refractivity contribution is 5.98. The zero-order chi connectivity index (χ0) is 23.4. The molecule has 3 aromatic carbocycles. The number of hydrogen-bond donors (Lipinski definition) is 1. The number of ether oxygens (including phenoxy) is 1. The van der Waals surface area contributed by atoms with Crippen LogP contribution in [0, 0.1) is 0 Å². The maximum Gasteiger partial charge on any atom is 0.248 e. The number of ketones is 1. The van der Waals surface area contributed by atoms with Crippen LogP contribution in [0.2, 0.25) is 0 Å². The van der Waals surface area contributed by atoms with E-state index in [-0.39, 0.29) is 18.1 Å². The summed E-state index contributed by atoms with van der Waals surface area (Å²) in [5, 5.41) is 4.72. The van der Waals surface area contributed by atoms with Crippen LogP contribution in [0.5, 0.6) is 5.75 Å². The summed E-state index contributed by atoms with van der Waals surface area (Å²) in [4.78, 5) is 32.6. The van der Waals surface area contributed by atoms with Gasteiger partial charge in [-0.15, -0.1) is 0 Å². The van der Waals surface area contributed by atoms with Crippen molar-refractivity contribution in [1.29, 1.82) is 0 Å². The molecular weight excluding hydrogens is 416 g/mol. The number of Topliss-reactive ketones (excluding diaryl/α,β-unsaturated/α-hetero) is 1. The van der Waals surface area contributed by atoms with Crippen molar-refractivity contribution in [1.82, 2.24) is 5.32 Å². The van der Waals surface area contributed by atoms with E-state index in [4.69, 9.17) is 9.57 Å². The van der Waals surface area contributed by atoms with E-state index in [0.29, 0.717) is 17.9 Å². The van der Waals surface area contributed by atoms with Crippen molar-refractivity contribution in [2.24, 2.45) is 0 Å². The molecule has 1 atom stereocenters. The Kier molecular flexibility index (Phi) is 6.47. The van der Waals surface area contributed by atoms with Crippen LogP contribution in [-0.2, 0) is 16.2 Å². The first-order valence-electron chi connectivity index (χ1n) is 10.9. The molecule has 170 valence electrons. The molecule has 3 aromatic rings. The molecule has 1 amide bonds. The molecule has 1 aliphatic rings. The molecule has 6 nitrogen and oxygen atoms in total. The van der Waals surface area contributed by atoms with E-state index in [1.807, 2.05) is 80.6 Å². The van der Waals surface area contributed by atoms with Crippen molar-refractivity contribution >= 4 is 17.4 Å². The van der Waals surface area contributed by atoms with Crippen molar-refractivity contribution in [3.05, 3.63) is 95.6 Å². The van der Waals surface area contributed by atoms with Crippen LogP contribution in [0.3, 0.4) is 0 Å². The number of hydrogen-bond acceptors (Lipinski definition) is 5. The van der Waals surface area contributed by atoms with E-state index in [1.54, 1.807) is 24.3 Å². The van der Waals surface area contributed by atoms with Crippen molar-refractivity contribution in [2.75, 3.05) is 12.2 Å². The van der Waals surface area contributed by atoms with Crippen LogP contribution in [0.1, 0.15) is 47.8 Å². The molecule has 1 N–H and O–H groups in total. The molecule has 0 aliphatic carbocycles. The van der Waals surface area contributed by atoms with Gasteiger partial charge in [-0.05, 0) is 37.6 Å². The number of fused-ring (bicyclic) bond motifs is 1. The van der Waals surface area contributed by atoms with Crippen LogP contribution in [0.25, 0.3) is 0 Å². The number of benzene rings is 3. The van der Waals surface area contributed by atoms with E-state index in [2.05, 4.69) is 5.32 Å². The van der Waals surface area contributed by atoms with Gasteiger partial charge in [-0.25, -0.2) is 5.06 Å². The molecule has 0 spiro atoms. The Morgan fingerprint density at radius 3 is 2.33 bits per heavy atom. The zero-order valence-corrected chi connectivity index (χ0v) is 19.1. The van der Waals surface area contributed by atoms with Gasteiger partial charge >= 0.3 is 0 Å². The van der Waals surface area contributed by atoms with Crippen molar-refractivity contribution in [3.63, 3.8) is 0 Å². The van der Waals surface area contributed by atoms with Crippen LogP contribution in [0.15, 0.2) is 78.9 Å². The molecule has 6 heteroatoms. The summed E-state index contributed by atoms with van der Waals surface area (Å²) >= 11 is 0. The Morgan fingerprint density at radius 1 is 1.00 bits per heavy atom. The normalized spacial score (nSPS) is 17.0. The SMILES string of the molecule is COc1ccc2c(c1)[C@@H](CC(=O)c1ccccc1)NC(=O)C(C)(C)N2OCc1ccccc1. The molecule has 0 saturated heterocycles. The number of amides is 1. The van der Waals surface area contributed by atoms with Crippen LogP contribution < -0.4 is 15.1 Å². The lowest BCUT2D eigenvalue weighted by Crippen LogP contribution is -2.53. The smallest absolute Gasteiger partial charge is 0.248 e. The first-order chi connectivity index (χ1) is 15.9. The summed E-state index contributed by atoms with van der Waals surface area (Å²) in [7, 11) is 1.59. The minimum Gasteiger partial charge on any atom is -0.497 e. The molecule has 0 aromatic heterocycles. The molecule has 0 bridgehead atoms. The maximum atomic E-state index is 13.3. The quantitative estimate of drug-likeness (QED) is 0.528. The fraction of sp³-hybridized carbons (Fsp3) is 0.259. The summed E-state index contributed by atoms with van der Waals surface area (Å²) in [5.41, 5.74) is 2.08. The predicted octanol–water partition coefficient (Wildman–Crippen LogP) is 4.86. The average Bonchev–Trinajstić information content (AvgIpc) is 2.91. The minimum absolute atomic E-state index is 0.0499. The lowest BCUT2D eigenvalue weighted by molar-refractivity contribution is -0.129. The summed E-state index contributed by atoms with van der Waals surface area (Å²) in [6, 6.07) is 23.9. The van der Waals surface area contributed by atoms with Crippen molar-refractivity contribution in [2.45, 2.75) is 38.5 Å². The van der Waals surface area contributed by atoms with E-state index < -0.39 is 11.6 Å². The highest BCUT2D eigenvalue weighted by atomic mass is 16.7. The van der Waals surface area contributed by atoms with Gasteiger partial charge in [0.25, 0.3) is 0 Å². The number of nitrogens with zero attached hydrogens (tertiary/aromatic N) is 1. The first kappa shape index (κ1) is 22.6. The van der Waals surface area contributed by atoms with Gasteiger partial charge in [0.05, 0.1) is 25.4 Å². The molecule has 1 heterocycles. The first-order valence-corrected chi connectivity index (χ1v) is 10.9. The van der Waals surface area contributed by atoms with Gasteiger partial charge in [-0.1, -0.05) is 60.7 Å². The Morgan fingerprint density at radius 2 is 1.67 bits per heavy atom. The van der Waals surface area contributed by atoms with Crippen molar-refractivity contribution < 1.29 is 19.2 Å². The van der Waals surface area contributed by atoms with Gasteiger partial charge in [-0.3, -0.25) is 14.4 Å². The Balaban J connectivity index is 1.72. The predicted molar refractivity (Wildman–Crippen MR) is 127 cm³/mol. The zero-order valence-electron chi connectivity index (χ0n) is 19.1. The Hall–Kier alpha value is -3.64. The third kappa shape index (κ3) is 4.76. The number of nitrogens with one attached hydrogen (secondary N) is 1. The maximum absolute atomic E-state index is 13.3. The van der Waals surface area contributed by atoms with E-state index >= 15 is 0 Å². The van der Waals surface area contributed by atoms with E-state index in [0.717, 1.165) is 16.8 Å². The molecule has 0 saturated carbocycles. The summed E-state index contributed by atoms with van der Waals surface area (Å²) < 4.78 is 5.45. The van der Waals surface area contributed by atoms with Gasteiger partial charge in [-0.2, -0.15) is 0 Å². The second-order valence-electron chi connectivity index (χ2n) is 8.56. The standard InChI is InChI=1S/C27H28N2O4/c1-27(2)26(31)28-23(17-25(30)20-12-8-5-9-13-20)22-16-21(32-3)14-15-24(22)29(27)33-18-19-10-6-4-7-11-19/h4-16,23H,17-18H2,1-3H3,(H,28,31)/t23-/m1/s1. The van der Waals surface area contributed by atoms with Crippen molar-refractivity contribution in [3.8, 4) is 5.75 Å². The third-order valence-corrected chi connectivity index (χ3v) is 5.89. The fourth-order valence-corrected chi connectivity index (χ4v) is 3.96. The fourth-order valence-electron chi connectivity index (χ4n) is 3.96. The molecule has 0 unspecified atom stereocenters. The Labute approximate surface area is 194 Å². The molecule has 33 heavy (non-hydrogen) atoms. The molecule has 0 radical (unpaired) electrons. The number of anilines is 1. The van der Waals surface area contributed by atoms with E-state index in [1.165, 1.54) is 0 Å². The average molecular weight is 445 g/mol. The summed E-state index contributed by atoms with van der Waals surface area (Å²) in [6.07, 6.45) is 0.124. The van der Waals surface area contributed by atoms with E-state index in [9.17, 15) is 9.59 Å². The second-order valence-corrected chi connectivity index (χ2v) is 8.56. The third-order valence-electron chi connectivity index (χ3n) is 5.89. The number of carbonyl (C=O) groups is 2. The second kappa shape index (κ2) is 9.46. The lowest BCUT2D eigenvalue weighted by Gasteiger charge is -2.36. The van der Waals surface area contributed by atoms with Crippen LogP contribution >= 0.6 is 0 Å². The molecule has 0 fully saturated rings. The monoisotopic (exact) mass is 444 g/mol. The van der Waals surface area contributed by atoms with Gasteiger partial charge in [0.1, 0.15) is 11.3 Å². The topological polar surface area (TPSA) is 67.9 Å². The van der Waals surface area contributed by atoms with Gasteiger partial charge in [0.2, 0.25) is 5.91 Å². The summed E-state index contributed by atoms with van der Waals surface area (Å²) in [6.45, 7) is 3.92. The Bertz CT molecular complexity index is 1130. The summed E-state index contributed by atoms with van der Waals surface area (Å²) in [5.74, 6) is 0.366. The van der Waals surface area contributed by atoms with Gasteiger partial charge in [0, 0.05) is 17.5 Å². The van der Waals surface area contributed by atoms with Gasteiger partial charge < -0.3 is 10.1 Å². The van der Waals surface area contributed by atoms with Crippen LogP contribution in [-0.4, -0.2) is 24.3 Å². The minimum atomic E-state index is -1.01. The van der Waals surface area contributed by atoms with Crippen LogP contribution in [0.4, 0.5) is 5.69 Å². The number of carbonyl (C=O) groups excluding carboxylic acids is 2. The highest BCUT2D eigenvalue weighted by Gasteiger charge is 2.42. The van der Waals surface area contributed by atoms with Gasteiger partial charge in [0.15, 0.2) is 5.78 Å². The molecular formula is C27H28N2O4. The molecule has 1 aliphatic heterocycles.